The zero-order valence-electron chi connectivity index (χ0n) is 13.6. The van der Waals surface area contributed by atoms with Crippen LogP contribution in [0, 0.1) is 5.41 Å². The van der Waals surface area contributed by atoms with Crippen molar-refractivity contribution in [2.45, 2.75) is 64.5 Å². The summed E-state index contributed by atoms with van der Waals surface area (Å²) in [6.07, 6.45) is 5.23. The van der Waals surface area contributed by atoms with Crippen molar-refractivity contribution in [2.75, 3.05) is 33.2 Å². The molecule has 2 rings (SSSR count). The summed E-state index contributed by atoms with van der Waals surface area (Å²) in [5.41, 5.74) is 7.22. The molecule has 0 amide bonds. The second-order valence-corrected chi connectivity index (χ2v) is 8.28. The van der Waals surface area contributed by atoms with Gasteiger partial charge in [0.05, 0.1) is 0 Å². The standard InChI is InChI=1S/C16H33N3/c1-14(2)7-6-8-16(11-14,12-17)19-10-9-18(5)15(3,4)13-19/h6-13,17H2,1-5H3. The molecule has 19 heavy (non-hydrogen) atoms. The van der Waals surface area contributed by atoms with Gasteiger partial charge < -0.3 is 5.73 Å². The maximum absolute atomic E-state index is 6.26. The summed E-state index contributed by atoms with van der Waals surface area (Å²) >= 11 is 0. The average Bonchev–Trinajstić information content (AvgIpc) is 2.31. The monoisotopic (exact) mass is 267 g/mol. The Morgan fingerprint density at radius 1 is 1.05 bits per heavy atom. The highest BCUT2D eigenvalue weighted by Gasteiger charge is 2.46. The minimum Gasteiger partial charge on any atom is -0.329 e. The van der Waals surface area contributed by atoms with Gasteiger partial charge in [-0.15, -0.1) is 0 Å². The van der Waals surface area contributed by atoms with Crippen LogP contribution in [-0.2, 0) is 0 Å². The normalized spacial score (nSPS) is 36.3. The van der Waals surface area contributed by atoms with Crippen LogP contribution in [0.4, 0.5) is 0 Å². The topological polar surface area (TPSA) is 32.5 Å². The quantitative estimate of drug-likeness (QED) is 0.833. The van der Waals surface area contributed by atoms with Gasteiger partial charge in [0.2, 0.25) is 0 Å². The number of nitrogens with zero attached hydrogens (tertiary/aromatic N) is 2. The van der Waals surface area contributed by atoms with Crippen LogP contribution in [-0.4, -0.2) is 54.1 Å². The molecule has 0 aromatic heterocycles. The fourth-order valence-electron chi connectivity index (χ4n) is 4.18. The number of hydrogen-bond donors (Lipinski definition) is 1. The fourth-order valence-corrected chi connectivity index (χ4v) is 4.18. The van der Waals surface area contributed by atoms with Crippen LogP contribution in [0.5, 0.6) is 0 Å². The number of piperazine rings is 1. The molecule has 1 saturated carbocycles. The van der Waals surface area contributed by atoms with Gasteiger partial charge in [-0.05, 0) is 45.6 Å². The highest BCUT2D eigenvalue weighted by molar-refractivity contribution is 5.03. The molecule has 2 aliphatic rings. The highest BCUT2D eigenvalue weighted by Crippen LogP contribution is 2.44. The first-order chi connectivity index (χ1) is 8.71. The summed E-state index contributed by atoms with van der Waals surface area (Å²) < 4.78 is 0. The van der Waals surface area contributed by atoms with Crippen molar-refractivity contribution in [1.82, 2.24) is 9.80 Å². The van der Waals surface area contributed by atoms with E-state index in [0.29, 0.717) is 5.41 Å². The third kappa shape index (κ3) is 2.98. The number of likely N-dealkylation sites (N-methyl/N-ethyl adjacent to an activating group) is 1. The van der Waals surface area contributed by atoms with Gasteiger partial charge in [-0.3, -0.25) is 9.80 Å². The van der Waals surface area contributed by atoms with Gasteiger partial charge in [0, 0.05) is 37.3 Å². The van der Waals surface area contributed by atoms with Crippen LogP contribution in [0.15, 0.2) is 0 Å². The Morgan fingerprint density at radius 2 is 1.74 bits per heavy atom. The summed E-state index contributed by atoms with van der Waals surface area (Å²) in [7, 11) is 2.25. The predicted octanol–water partition coefficient (Wildman–Crippen LogP) is 2.31. The zero-order chi connectivity index (χ0) is 14.3. The molecule has 1 atom stereocenters. The van der Waals surface area contributed by atoms with E-state index in [-0.39, 0.29) is 11.1 Å². The maximum atomic E-state index is 6.26. The van der Waals surface area contributed by atoms with E-state index in [0.717, 1.165) is 19.6 Å². The molecule has 2 N–H and O–H groups in total. The lowest BCUT2D eigenvalue weighted by Gasteiger charge is -2.56. The van der Waals surface area contributed by atoms with Gasteiger partial charge in [-0.1, -0.05) is 20.3 Å². The van der Waals surface area contributed by atoms with Crippen molar-refractivity contribution in [2.24, 2.45) is 11.1 Å². The van der Waals surface area contributed by atoms with E-state index in [2.05, 4.69) is 44.5 Å². The van der Waals surface area contributed by atoms with Crippen molar-refractivity contribution < 1.29 is 0 Å². The van der Waals surface area contributed by atoms with Crippen molar-refractivity contribution in [1.29, 1.82) is 0 Å². The van der Waals surface area contributed by atoms with Gasteiger partial charge in [-0.25, -0.2) is 0 Å². The van der Waals surface area contributed by atoms with E-state index in [1.165, 1.54) is 32.2 Å². The van der Waals surface area contributed by atoms with Crippen LogP contribution in [0.25, 0.3) is 0 Å². The average molecular weight is 267 g/mol. The maximum Gasteiger partial charge on any atom is 0.0338 e. The Bertz CT molecular complexity index is 324. The predicted molar refractivity (Wildman–Crippen MR) is 82.3 cm³/mol. The third-order valence-corrected chi connectivity index (χ3v) is 5.67. The van der Waals surface area contributed by atoms with Crippen LogP contribution >= 0.6 is 0 Å². The van der Waals surface area contributed by atoms with E-state index in [9.17, 15) is 0 Å². The molecule has 3 heteroatoms. The Kier molecular flexibility index (Phi) is 4.03. The Morgan fingerprint density at radius 3 is 2.26 bits per heavy atom. The SMILES string of the molecule is CN1CCN(C2(CN)CCCC(C)(C)C2)CC1(C)C. The van der Waals surface area contributed by atoms with E-state index in [1.807, 2.05) is 0 Å². The Balaban J connectivity index is 2.18. The molecular weight excluding hydrogens is 234 g/mol. The number of nitrogens with two attached hydrogens (primary N) is 1. The summed E-state index contributed by atoms with van der Waals surface area (Å²) in [6, 6.07) is 0. The first-order valence-electron chi connectivity index (χ1n) is 7.87. The lowest BCUT2D eigenvalue weighted by Crippen LogP contribution is -2.67. The minimum atomic E-state index is 0.250. The van der Waals surface area contributed by atoms with Crippen molar-refractivity contribution in [3.05, 3.63) is 0 Å². The molecule has 0 radical (unpaired) electrons. The van der Waals surface area contributed by atoms with Crippen molar-refractivity contribution in [3.63, 3.8) is 0 Å². The number of rotatable bonds is 2. The summed E-state index contributed by atoms with van der Waals surface area (Å²) in [5, 5.41) is 0. The highest BCUT2D eigenvalue weighted by atomic mass is 15.3. The second kappa shape index (κ2) is 5.01. The molecule has 0 spiro atoms. The van der Waals surface area contributed by atoms with Crippen LogP contribution < -0.4 is 5.73 Å². The number of hydrogen-bond acceptors (Lipinski definition) is 3. The smallest absolute Gasteiger partial charge is 0.0338 e. The second-order valence-electron chi connectivity index (χ2n) is 8.28. The van der Waals surface area contributed by atoms with Crippen molar-refractivity contribution in [3.8, 4) is 0 Å². The molecule has 0 aromatic carbocycles. The summed E-state index contributed by atoms with van der Waals surface area (Å²) in [4.78, 5) is 5.20. The summed E-state index contributed by atoms with van der Waals surface area (Å²) in [5.74, 6) is 0. The van der Waals surface area contributed by atoms with E-state index >= 15 is 0 Å². The molecule has 112 valence electrons. The molecular formula is C16H33N3. The first kappa shape index (κ1) is 15.3. The molecule has 1 aliphatic heterocycles. The van der Waals surface area contributed by atoms with Gasteiger partial charge in [0.15, 0.2) is 0 Å². The minimum absolute atomic E-state index is 0.250. The van der Waals surface area contributed by atoms with Gasteiger partial charge in [0.1, 0.15) is 0 Å². The zero-order valence-corrected chi connectivity index (χ0v) is 13.6. The molecule has 0 aromatic rings. The van der Waals surface area contributed by atoms with Crippen LogP contribution in [0.2, 0.25) is 0 Å². The molecule has 1 saturated heterocycles. The van der Waals surface area contributed by atoms with Crippen molar-refractivity contribution >= 4 is 0 Å². The molecule has 3 nitrogen and oxygen atoms in total. The summed E-state index contributed by atoms with van der Waals surface area (Å²) in [6.45, 7) is 13.8. The Labute approximate surface area is 119 Å². The van der Waals surface area contributed by atoms with Crippen LogP contribution in [0.3, 0.4) is 0 Å². The van der Waals surface area contributed by atoms with Gasteiger partial charge in [0.25, 0.3) is 0 Å². The van der Waals surface area contributed by atoms with E-state index in [1.54, 1.807) is 0 Å². The van der Waals surface area contributed by atoms with E-state index < -0.39 is 0 Å². The lowest BCUT2D eigenvalue weighted by atomic mass is 9.67. The first-order valence-corrected chi connectivity index (χ1v) is 7.87. The van der Waals surface area contributed by atoms with E-state index in [4.69, 9.17) is 5.73 Å². The molecule has 1 aliphatic carbocycles. The largest absolute Gasteiger partial charge is 0.329 e. The van der Waals surface area contributed by atoms with Crippen LogP contribution in [0.1, 0.15) is 53.4 Å². The van der Waals surface area contributed by atoms with Gasteiger partial charge in [-0.2, -0.15) is 0 Å². The fraction of sp³-hybridized carbons (Fsp3) is 1.00. The molecule has 0 bridgehead atoms. The molecule has 1 unspecified atom stereocenters. The van der Waals surface area contributed by atoms with Gasteiger partial charge >= 0.3 is 0 Å². The molecule has 1 heterocycles. The lowest BCUT2D eigenvalue weighted by molar-refractivity contribution is -0.0563. The molecule has 2 fully saturated rings. The Hall–Kier alpha value is -0.120. The third-order valence-electron chi connectivity index (χ3n) is 5.67.